The van der Waals surface area contributed by atoms with Gasteiger partial charge in [0.2, 0.25) is 0 Å². The molecule has 18 heavy (non-hydrogen) atoms. The topological polar surface area (TPSA) is 60.7 Å². The Morgan fingerprint density at radius 3 is 1.83 bits per heavy atom. The van der Waals surface area contributed by atoms with Gasteiger partial charge in [-0.1, -0.05) is 34.6 Å². The summed E-state index contributed by atoms with van der Waals surface area (Å²) in [6, 6.07) is 3.59. The van der Waals surface area contributed by atoms with E-state index < -0.39 is 5.41 Å². The van der Waals surface area contributed by atoms with Gasteiger partial charge in [0.15, 0.2) is 0 Å². The predicted octanol–water partition coefficient (Wildman–Crippen LogP) is 2.45. The first-order chi connectivity index (χ1) is 8.13. The maximum absolute atomic E-state index is 10.4. The predicted molar refractivity (Wildman–Crippen MR) is 72.8 cm³/mol. The van der Waals surface area contributed by atoms with Gasteiger partial charge in [0.05, 0.1) is 13.2 Å². The van der Waals surface area contributed by atoms with Crippen molar-refractivity contribution in [3.63, 3.8) is 0 Å². The Bertz CT molecular complexity index is 428. The molecule has 0 aliphatic carbocycles. The summed E-state index contributed by atoms with van der Waals surface area (Å²) in [6.07, 6.45) is 0. The number of phenols is 1. The number of rotatable bonds is 3. The van der Waals surface area contributed by atoms with Gasteiger partial charge in [0.1, 0.15) is 5.75 Å². The molecule has 0 spiro atoms. The second-order valence-corrected chi connectivity index (χ2v) is 6.49. The number of aromatic hydroxyl groups is 1. The van der Waals surface area contributed by atoms with Gasteiger partial charge in [0, 0.05) is 11.0 Å². The Kier molecular flexibility index (Phi) is 4.08. The summed E-state index contributed by atoms with van der Waals surface area (Å²) < 4.78 is 0. The molecule has 0 bridgehead atoms. The van der Waals surface area contributed by atoms with Crippen LogP contribution in [-0.4, -0.2) is 21.9 Å². The van der Waals surface area contributed by atoms with E-state index in [2.05, 4.69) is 0 Å². The van der Waals surface area contributed by atoms with Crippen molar-refractivity contribution in [1.82, 2.24) is 0 Å². The Hall–Kier alpha value is -1.06. The van der Waals surface area contributed by atoms with E-state index >= 15 is 0 Å². The summed E-state index contributed by atoms with van der Waals surface area (Å²) in [6.45, 7) is 9.65. The molecular weight excluding hydrogens is 228 g/mol. The highest BCUT2D eigenvalue weighted by atomic mass is 16.3. The highest BCUT2D eigenvalue weighted by Crippen LogP contribution is 2.39. The maximum Gasteiger partial charge on any atom is 0.123 e. The fourth-order valence-electron chi connectivity index (χ4n) is 1.96. The SMILES string of the molecule is CC(C)(C)c1cc(CO)cc(C(C)(C)CO)c1O. The molecule has 0 aromatic heterocycles. The van der Waals surface area contributed by atoms with Gasteiger partial charge in [-0.2, -0.15) is 0 Å². The Morgan fingerprint density at radius 2 is 1.44 bits per heavy atom. The maximum atomic E-state index is 10.4. The molecule has 0 radical (unpaired) electrons. The number of phenolic OH excluding ortho intramolecular Hbond substituents is 1. The molecule has 0 unspecified atom stereocenters. The van der Waals surface area contributed by atoms with Crippen LogP contribution in [0.1, 0.15) is 51.3 Å². The molecule has 1 aromatic rings. The molecule has 0 saturated carbocycles. The van der Waals surface area contributed by atoms with E-state index in [0.717, 1.165) is 11.1 Å². The third-order valence-electron chi connectivity index (χ3n) is 3.28. The van der Waals surface area contributed by atoms with Crippen LogP contribution in [-0.2, 0) is 17.4 Å². The van der Waals surface area contributed by atoms with Crippen molar-refractivity contribution in [1.29, 1.82) is 0 Å². The van der Waals surface area contributed by atoms with Crippen LogP contribution in [0.4, 0.5) is 0 Å². The first kappa shape index (κ1) is 15.0. The summed E-state index contributed by atoms with van der Waals surface area (Å²) in [5.74, 6) is 0.221. The first-order valence-electron chi connectivity index (χ1n) is 6.22. The molecule has 0 aliphatic rings. The molecular formula is C15H24O3. The van der Waals surface area contributed by atoms with Gasteiger partial charge in [0.25, 0.3) is 0 Å². The minimum atomic E-state index is -0.532. The average Bonchev–Trinajstić information content (AvgIpc) is 2.27. The van der Waals surface area contributed by atoms with Crippen molar-refractivity contribution in [3.8, 4) is 5.75 Å². The van der Waals surface area contributed by atoms with Gasteiger partial charge in [-0.25, -0.2) is 0 Å². The van der Waals surface area contributed by atoms with Gasteiger partial charge in [-0.05, 0) is 28.7 Å². The second kappa shape index (κ2) is 4.90. The first-order valence-corrected chi connectivity index (χ1v) is 6.22. The fraction of sp³-hybridized carbons (Fsp3) is 0.600. The zero-order valence-corrected chi connectivity index (χ0v) is 11.9. The Labute approximate surface area is 109 Å². The van der Waals surface area contributed by atoms with Gasteiger partial charge >= 0.3 is 0 Å². The van der Waals surface area contributed by atoms with Crippen molar-refractivity contribution in [3.05, 3.63) is 28.8 Å². The number of aliphatic hydroxyl groups is 2. The second-order valence-electron chi connectivity index (χ2n) is 6.49. The molecule has 102 valence electrons. The normalized spacial score (nSPS) is 12.8. The molecule has 0 saturated heterocycles. The molecule has 0 fully saturated rings. The van der Waals surface area contributed by atoms with Crippen LogP contribution in [0, 0.1) is 0 Å². The van der Waals surface area contributed by atoms with Crippen LogP contribution >= 0.6 is 0 Å². The van der Waals surface area contributed by atoms with Crippen molar-refractivity contribution in [2.45, 2.75) is 52.1 Å². The molecule has 1 aromatic carbocycles. The summed E-state index contributed by atoms with van der Waals surface area (Å²) in [5.41, 5.74) is 1.49. The van der Waals surface area contributed by atoms with Crippen LogP contribution in [0.25, 0.3) is 0 Å². The van der Waals surface area contributed by atoms with Crippen LogP contribution in [0.3, 0.4) is 0 Å². The lowest BCUT2D eigenvalue weighted by atomic mass is 9.78. The lowest BCUT2D eigenvalue weighted by Crippen LogP contribution is -2.24. The average molecular weight is 252 g/mol. The molecule has 0 aliphatic heterocycles. The van der Waals surface area contributed by atoms with Crippen molar-refractivity contribution < 1.29 is 15.3 Å². The van der Waals surface area contributed by atoms with Crippen LogP contribution in [0.15, 0.2) is 12.1 Å². The zero-order valence-electron chi connectivity index (χ0n) is 11.9. The van der Waals surface area contributed by atoms with Gasteiger partial charge in [-0.3, -0.25) is 0 Å². The van der Waals surface area contributed by atoms with Crippen LogP contribution in [0.2, 0.25) is 0 Å². The lowest BCUT2D eigenvalue weighted by molar-refractivity contribution is 0.214. The van der Waals surface area contributed by atoms with Gasteiger partial charge < -0.3 is 15.3 Å². The van der Waals surface area contributed by atoms with E-state index in [0.29, 0.717) is 5.56 Å². The standard InChI is InChI=1S/C15H24O3/c1-14(2,3)11-6-10(8-16)7-12(13(11)18)15(4,5)9-17/h6-7,16-18H,8-9H2,1-5H3. The Morgan fingerprint density at radius 1 is 0.944 bits per heavy atom. The monoisotopic (exact) mass is 252 g/mol. The fourth-order valence-corrected chi connectivity index (χ4v) is 1.96. The van der Waals surface area contributed by atoms with E-state index in [9.17, 15) is 15.3 Å². The van der Waals surface area contributed by atoms with E-state index in [-0.39, 0.29) is 24.4 Å². The summed E-state index contributed by atoms with van der Waals surface area (Å²) in [4.78, 5) is 0. The quantitative estimate of drug-likeness (QED) is 0.774. The lowest BCUT2D eigenvalue weighted by Gasteiger charge is -2.29. The molecule has 3 nitrogen and oxygen atoms in total. The minimum absolute atomic E-state index is 0.0565. The van der Waals surface area contributed by atoms with Crippen LogP contribution in [0.5, 0.6) is 5.75 Å². The summed E-state index contributed by atoms with van der Waals surface area (Å²) in [5, 5.41) is 29.2. The highest BCUT2D eigenvalue weighted by Gasteiger charge is 2.28. The molecule has 3 heteroatoms. The molecule has 3 N–H and O–H groups in total. The van der Waals surface area contributed by atoms with Crippen molar-refractivity contribution >= 4 is 0 Å². The highest BCUT2D eigenvalue weighted by molar-refractivity contribution is 5.50. The number of hydrogen-bond acceptors (Lipinski definition) is 3. The van der Waals surface area contributed by atoms with Gasteiger partial charge in [-0.15, -0.1) is 0 Å². The molecule has 0 atom stereocenters. The van der Waals surface area contributed by atoms with E-state index in [1.807, 2.05) is 40.7 Å². The largest absolute Gasteiger partial charge is 0.507 e. The molecule has 1 rings (SSSR count). The van der Waals surface area contributed by atoms with E-state index in [1.165, 1.54) is 0 Å². The smallest absolute Gasteiger partial charge is 0.123 e. The summed E-state index contributed by atoms with van der Waals surface area (Å²) >= 11 is 0. The van der Waals surface area contributed by atoms with E-state index in [1.54, 1.807) is 6.07 Å². The third-order valence-corrected chi connectivity index (χ3v) is 3.28. The van der Waals surface area contributed by atoms with E-state index in [4.69, 9.17) is 0 Å². The zero-order chi connectivity index (χ0) is 14.1. The summed E-state index contributed by atoms with van der Waals surface area (Å²) in [7, 11) is 0. The number of aliphatic hydroxyl groups excluding tert-OH is 2. The van der Waals surface area contributed by atoms with Crippen LogP contribution < -0.4 is 0 Å². The number of benzene rings is 1. The molecule has 0 heterocycles. The van der Waals surface area contributed by atoms with Crippen molar-refractivity contribution in [2.24, 2.45) is 0 Å². The molecule has 0 amide bonds. The van der Waals surface area contributed by atoms with Crippen molar-refractivity contribution in [2.75, 3.05) is 6.61 Å². The minimum Gasteiger partial charge on any atom is -0.507 e. The third kappa shape index (κ3) is 2.85. The Balaban J connectivity index is 3.54. The number of hydrogen-bond donors (Lipinski definition) is 3.